The molecule has 111 heavy (non-hydrogen) atoms. The molecule has 0 spiro atoms. The van der Waals surface area contributed by atoms with E-state index in [0.717, 1.165) is 56.8 Å². The first-order valence-electron chi connectivity index (χ1n) is 49.4. The van der Waals surface area contributed by atoms with Crippen molar-refractivity contribution >= 4 is 5.97 Å². The van der Waals surface area contributed by atoms with Gasteiger partial charge in [0.2, 0.25) is 0 Å². The molecule has 0 unspecified atom stereocenters. The molecule has 0 bridgehead atoms. The molecule has 16 atom stereocenters. The minimum atomic E-state index is -1.83. The average Bonchev–Trinajstić information content (AvgIpc) is 1.51. The van der Waals surface area contributed by atoms with Crippen molar-refractivity contribution in [3.05, 3.63) is 0 Å². The van der Waals surface area contributed by atoms with Gasteiger partial charge in [0.25, 0.3) is 0 Å². The van der Waals surface area contributed by atoms with Crippen LogP contribution in [0.15, 0.2) is 0 Å². The molecule has 660 valence electrons. The van der Waals surface area contributed by atoms with Crippen LogP contribution in [0.25, 0.3) is 0 Å². The highest BCUT2D eigenvalue weighted by Gasteiger charge is 2.50. The average molecular weight is 1580 g/mol. The highest BCUT2D eigenvalue weighted by molar-refractivity contribution is 5.73. The molecule has 2 heterocycles. The molecule has 0 aromatic carbocycles. The Balaban J connectivity index is 1.13. The van der Waals surface area contributed by atoms with Crippen LogP contribution in [0.1, 0.15) is 496 Å². The van der Waals surface area contributed by atoms with E-state index in [0.29, 0.717) is 24.9 Å². The van der Waals surface area contributed by atoms with Gasteiger partial charge in [-0.3, -0.25) is 4.79 Å². The molecule has 14 nitrogen and oxygen atoms in total. The second-order valence-corrected chi connectivity index (χ2v) is 36.4. The first-order chi connectivity index (χ1) is 54.4. The zero-order valence-electron chi connectivity index (χ0n) is 73.5. The summed E-state index contributed by atoms with van der Waals surface area (Å²) in [6, 6.07) is 0. The zero-order chi connectivity index (χ0) is 80.1. The molecule has 3 rings (SSSR count). The Morgan fingerprint density at radius 3 is 0.901 bits per heavy atom. The summed E-state index contributed by atoms with van der Waals surface area (Å²) in [4.78, 5) is 13.9. The van der Waals surface area contributed by atoms with Gasteiger partial charge in [-0.1, -0.05) is 464 Å². The summed E-state index contributed by atoms with van der Waals surface area (Å²) >= 11 is 0. The fourth-order valence-corrected chi connectivity index (χ4v) is 18.2. The van der Waals surface area contributed by atoms with Crippen LogP contribution < -0.4 is 0 Å². The number of carbonyl (C=O) groups is 1. The number of hydrogen-bond donors (Lipinski definition) is 8. The van der Waals surface area contributed by atoms with Crippen LogP contribution in [0, 0.1) is 23.7 Å². The summed E-state index contributed by atoms with van der Waals surface area (Å²) in [6.45, 7) is 5.81. The van der Waals surface area contributed by atoms with Gasteiger partial charge in [0, 0.05) is 7.11 Å². The molecule has 3 aliphatic rings. The SMILES string of the molecule is CCCCCCCCCCCCCCCCCCCCCCCC[C@@H](C(=O)OC[C@H]1O[C@H](O[C@H]2O[C@H](CO)[C@@H](O)[C@H](O)[C@H]2O)[C@H](O)[C@@H](O)[C@@H]1O)[C@H](O)CCCCCCCCCCCCCCCCC[C@H]1C[C@H]1CCCCCCCCCCCCCCCC[C@H](OC)[C@@H](C)CCCCCCCCCCCCCCCCCC. The number of rotatable bonds is 84. The number of hydrogen-bond acceptors (Lipinski definition) is 14. The number of aliphatic hydroxyl groups is 8. The lowest BCUT2D eigenvalue weighted by atomic mass is 9.91. The quantitative estimate of drug-likeness (QED) is 0.0210. The lowest BCUT2D eigenvalue weighted by molar-refractivity contribution is -0.376. The first-order valence-corrected chi connectivity index (χ1v) is 49.4. The molecule has 2 aliphatic heterocycles. The number of esters is 1. The Morgan fingerprint density at radius 2 is 0.595 bits per heavy atom. The van der Waals surface area contributed by atoms with Gasteiger partial charge in [0.1, 0.15) is 55.4 Å². The predicted octanol–water partition coefficient (Wildman–Crippen LogP) is 24.9. The third-order valence-corrected chi connectivity index (χ3v) is 26.2. The summed E-state index contributed by atoms with van der Waals surface area (Å²) < 4.78 is 28.5. The second-order valence-electron chi connectivity index (χ2n) is 36.4. The molecule has 0 aromatic rings. The van der Waals surface area contributed by atoms with Crippen molar-refractivity contribution in [2.45, 2.75) is 570 Å². The van der Waals surface area contributed by atoms with Gasteiger partial charge in [0.15, 0.2) is 12.6 Å². The van der Waals surface area contributed by atoms with Gasteiger partial charge >= 0.3 is 5.97 Å². The summed E-state index contributed by atoms with van der Waals surface area (Å²) in [5, 5.41) is 84.7. The van der Waals surface area contributed by atoms with Crippen LogP contribution in [0.2, 0.25) is 0 Å². The molecule has 3 fully saturated rings. The van der Waals surface area contributed by atoms with Crippen molar-refractivity contribution in [3.8, 4) is 0 Å². The number of aliphatic hydroxyl groups excluding tert-OH is 8. The molecule has 8 N–H and O–H groups in total. The summed E-state index contributed by atoms with van der Waals surface area (Å²) in [5.41, 5.74) is 0. The molecule has 0 aromatic heterocycles. The van der Waals surface area contributed by atoms with Crippen molar-refractivity contribution in [1.29, 1.82) is 0 Å². The van der Waals surface area contributed by atoms with Gasteiger partial charge in [-0.25, -0.2) is 0 Å². The van der Waals surface area contributed by atoms with E-state index in [9.17, 15) is 45.6 Å². The topological polar surface area (TPSA) is 225 Å². The number of unbranched alkanes of at least 4 members (excludes halogenated alkanes) is 63. The van der Waals surface area contributed by atoms with E-state index in [1.54, 1.807) is 0 Å². The highest BCUT2D eigenvalue weighted by atomic mass is 16.8. The molecule has 14 heteroatoms. The molecule has 2 saturated heterocycles. The van der Waals surface area contributed by atoms with E-state index in [-0.39, 0.29) is 0 Å². The van der Waals surface area contributed by atoms with E-state index in [1.165, 1.54) is 417 Å². The van der Waals surface area contributed by atoms with Gasteiger partial charge < -0.3 is 64.5 Å². The van der Waals surface area contributed by atoms with Crippen molar-refractivity contribution in [1.82, 2.24) is 0 Å². The molecular formula is C97H188O14. The Kier molecular flexibility index (Phi) is 69.5. The Morgan fingerprint density at radius 1 is 0.333 bits per heavy atom. The maximum atomic E-state index is 13.9. The van der Waals surface area contributed by atoms with Gasteiger partial charge in [-0.2, -0.15) is 0 Å². The van der Waals surface area contributed by atoms with Gasteiger partial charge in [-0.15, -0.1) is 0 Å². The first kappa shape index (κ1) is 104. The van der Waals surface area contributed by atoms with E-state index < -0.39 is 92.6 Å². The third kappa shape index (κ3) is 54.7. The van der Waals surface area contributed by atoms with Crippen LogP contribution in [0.4, 0.5) is 0 Å². The molecule has 1 saturated carbocycles. The minimum Gasteiger partial charge on any atom is -0.463 e. The fourth-order valence-electron chi connectivity index (χ4n) is 18.2. The van der Waals surface area contributed by atoms with Crippen molar-refractivity contribution in [2.75, 3.05) is 20.3 Å². The van der Waals surface area contributed by atoms with Crippen molar-refractivity contribution < 1.29 is 69.3 Å². The number of carbonyl (C=O) groups excluding carboxylic acids is 1. The maximum Gasteiger partial charge on any atom is 0.311 e. The Bertz CT molecular complexity index is 1970. The van der Waals surface area contributed by atoms with E-state index in [4.69, 9.17) is 23.7 Å². The second kappa shape index (κ2) is 74.1. The van der Waals surface area contributed by atoms with E-state index in [2.05, 4.69) is 20.8 Å². The Hall–Kier alpha value is -1.01. The normalized spacial score (nSPS) is 23.2. The smallest absolute Gasteiger partial charge is 0.311 e. The molecular weight excluding hydrogens is 1390 g/mol. The maximum absolute atomic E-state index is 13.9. The standard InChI is InChI=1S/C97H188O14/c1-5-7-9-11-13-15-17-19-21-23-24-25-26-27-28-32-39-45-51-57-63-69-75-84(95(106)108-80-88-90(101)92(103)94(105)97(110-88)111-96-93(104)91(102)89(100)87(79-98)109-96)85(99)76-70-64-58-52-46-40-33-29-31-37-43-49-55-61-67-73-82-78-83(82)74-68-62-56-50-44-38-34-35-41-47-53-59-65-71-77-86(107-4)81(3)72-66-60-54-48-42-36-30-22-20-18-16-14-12-10-8-6-2/h81-94,96-105H,5-80H2,1-4H3/t81-,82-,83+,84+,85+,86-,87+,88+,89+,90+,91-,92-,93+,94+,96+,97+/m0/s1. The van der Waals surface area contributed by atoms with E-state index in [1.807, 2.05) is 7.11 Å². The fraction of sp³-hybridized carbons (Fsp3) is 0.990. The van der Waals surface area contributed by atoms with Crippen LogP contribution in [-0.2, 0) is 28.5 Å². The van der Waals surface area contributed by atoms with Crippen LogP contribution >= 0.6 is 0 Å². The minimum absolute atomic E-state index is 0.454. The van der Waals surface area contributed by atoms with Crippen LogP contribution in [0.5, 0.6) is 0 Å². The third-order valence-electron chi connectivity index (χ3n) is 26.2. The molecule has 0 radical (unpaired) electrons. The predicted molar refractivity (Wildman–Crippen MR) is 462 cm³/mol. The Labute approximate surface area is 685 Å². The highest BCUT2D eigenvalue weighted by Crippen LogP contribution is 2.46. The summed E-state index contributed by atoms with van der Waals surface area (Å²) in [5.74, 6) is 1.38. The van der Waals surface area contributed by atoms with Crippen molar-refractivity contribution in [2.24, 2.45) is 23.7 Å². The lowest BCUT2D eigenvalue weighted by Gasteiger charge is -2.44. The van der Waals surface area contributed by atoms with Gasteiger partial charge in [0.05, 0.1) is 24.7 Å². The lowest BCUT2D eigenvalue weighted by Crippen LogP contribution is -2.63. The van der Waals surface area contributed by atoms with E-state index >= 15 is 0 Å². The van der Waals surface area contributed by atoms with Gasteiger partial charge in [-0.05, 0) is 49.9 Å². The number of methoxy groups -OCH3 is 1. The zero-order valence-corrected chi connectivity index (χ0v) is 73.5. The number of ether oxygens (including phenoxy) is 5. The summed E-state index contributed by atoms with van der Waals surface area (Å²) in [6.07, 6.45) is 81.4. The largest absolute Gasteiger partial charge is 0.463 e. The molecule has 0 amide bonds. The molecule has 1 aliphatic carbocycles. The van der Waals surface area contributed by atoms with Crippen LogP contribution in [-0.4, -0.2) is 141 Å². The van der Waals surface area contributed by atoms with Crippen LogP contribution in [0.3, 0.4) is 0 Å². The monoisotopic (exact) mass is 1580 g/mol. The summed E-state index contributed by atoms with van der Waals surface area (Å²) in [7, 11) is 1.95. The van der Waals surface area contributed by atoms with Crippen molar-refractivity contribution in [3.63, 3.8) is 0 Å².